The maximum atomic E-state index is 13.4. The number of rotatable bonds is 4. The Kier molecular flexibility index (Phi) is 5.00. The smallest absolute Gasteiger partial charge is 0.406 e. The van der Waals surface area contributed by atoms with E-state index in [1.165, 1.54) is 36.4 Å². The number of alkyl halides is 3. The third kappa shape index (κ3) is 5.46. The number of halogens is 4. The number of nitrogens with one attached hydrogen (secondary N) is 1. The lowest BCUT2D eigenvalue weighted by molar-refractivity contribution is -0.274. The van der Waals surface area contributed by atoms with Crippen LogP contribution >= 0.6 is 0 Å². The SMILES string of the molecule is O=C(/C=C/c1ccccc1F)Nc1ccc(OC(F)(F)F)cc1. The van der Waals surface area contributed by atoms with E-state index >= 15 is 0 Å². The first-order valence-electron chi connectivity index (χ1n) is 6.43. The third-order valence-corrected chi connectivity index (χ3v) is 2.67. The molecule has 120 valence electrons. The Morgan fingerprint density at radius 1 is 1.04 bits per heavy atom. The average Bonchev–Trinajstić information content (AvgIpc) is 2.47. The van der Waals surface area contributed by atoms with E-state index in [4.69, 9.17) is 0 Å². The molecule has 0 radical (unpaired) electrons. The van der Waals surface area contributed by atoms with Crippen molar-refractivity contribution in [3.63, 3.8) is 0 Å². The number of hydrogen-bond donors (Lipinski definition) is 1. The minimum atomic E-state index is -4.77. The van der Waals surface area contributed by atoms with E-state index in [1.807, 2.05) is 0 Å². The Morgan fingerprint density at radius 3 is 2.30 bits per heavy atom. The van der Waals surface area contributed by atoms with Gasteiger partial charge in [-0.05, 0) is 36.4 Å². The van der Waals surface area contributed by atoms with E-state index in [9.17, 15) is 22.4 Å². The molecule has 3 nitrogen and oxygen atoms in total. The first-order valence-corrected chi connectivity index (χ1v) is 6.43. The molecular formula is C16H11F4NO2. The zero-order valence-corrected chi connectivity index (χ0v) is 11.6. The van der Waals surface area contributed by atoms with Gasteiger partial charge in [-0.3, -0.25) is 4.79 Å². The second-order valence-electron chi connectivity index (χ2n) is 4.42. The van der Waals surface area contributed by atoms with Crippen molar-refractivity contribution in [2.24, 2.45) is 0 Å². The van der Waals surface area contributed by atoms with Gasteiger partial charge in [0.1, 0.15) is 11.6 Å². The Balaban J connectivity index is 1.97. The fraction of sp³-hybridized carbons (Fsp3) is 0.0625. The molecular weight excluding hydrogens is 314 g/mol. The number of hydrogen-bond acceptors (Lipinski definition) is 2. The molecule has 0 heterocycles. The van der Waals surface area contributed by atoms with Crippen LogP contribution in [0, 0.1) is 5.82 Å². The molecule has 7 heteroatoms. The van der Waals surface area contributed by atoms with Gasteiger partial charge >= 0.3 is 6.36 Å². The Hall–Kier alpha value is -2.83. The summed E-state index contributed by atoms with van der Waals surface area (Å²) in [6, 6.07) is 10.6. The van der Waals surface area contributed by atoms with Crippen LogP contribution < -0.4 is 10.1 Å². The molecule has 2 aromatic carbocycles. The van der Waals surface area contributed by atoms with Crippen LogP contribution in [0.5, 0.6) is 5.75 Å². The summed E-state index contributed by atoms with van der Waals surface area (Å²) in [5.74, 6) is -1.40. The number of ether oxygens (including phenoxy) is 1. The average molecular weight is 325 g/mol. The zero-order chi connectivity index (χ0) is 16.9. The van der Waals surface area contributed by atoms with E-state index in [1.54, 1.807) is 6.07 Å². The highest BCUT2D eigenvalue weighted by molar-refractivity contribution is 6.01. The van der Waals surface area contributed by atoms with Gasteiger partial charge in [0.25, 0.3) is 0 Å². The van der Waals surface area contributed by atoms with Crippen LogP contribution in [0.1, 0.15) is 5.56 Å². The van der Waals surface area contributed by atoms with Gasteiger partial charge in [-0.1, -0.05) is 18.2 Å². The molecule has 2 aromatic rings. The lowest BCUT2D eigenvalue weighted by Gasteiger charge is -2.09. The Labute approximate surface area is 129 Å². The standard InChI is InChI=1S/C16H11F4NO2/c17-14-4-2-1-3-11(14)5-10-15(22)21-12-6-8-13(9-7-12)23-16(18,19)20/h1-10H,(H,21,22)/b10-5+. The van der Waals surface area contributed by atoms with Crippen LogP contribution in [-0.4, -0.2) is 12.3 Å². The predicted octanol–water partition coefficient (Wildman–Crippen LogP) is 4.38. The molecule has 0 aromatic heterocycles. The fourth-order valence-electron chi connectivity index (χ4n) is 1.70. The van der Waals surface area contributed by atoms with Gasteiger partial charge in [-0.25, -0.2) is 4.39 Å². The molecule has 1 N–H and O–H groups in total. The van der Waals surface area contributed by atoms with E-state index in [0.717, 1.165) is 18.2 Å². The fourth-order valence-corrected chi connectivity index (χ4v) is 1.70. The molecule has 23 heavy (non-hydrogen) atoms. The number of amides is 1. The van der Waals surface area contributed by atoms with E-state index in [2.05, 4.69) is 10.1 Å². The van der Waals surface area contributed by atoms with Crippen molar-refractivity contribution in [1.29, 1.82) is 0 Å². The Morgan fingerprint density at radius 2 is 1.70 bits per heavy atom. The molecule has 0 bridgehead atoms. The molecule has 0 saturated carbocycles. The van der Waals surface area contributed by atoms with Gasteiger partial charge < -0.3 is 10.1 Å². The second-order valence-corrected chi connectivity index (χ2v) is 4.42. The summed E-state index contributed by atoms with van der Waals surface area (Å²) in [4.78, 5) is 11.7. The molecule has 0 atom stereocenters. The summed E-state index contributed by atoms with van der Waals surface area (Å²) in [5.41, 5.74) is 0.527. The van der Waals surface area contributed by atoms with Gasteiger partial charge in [0, 0.05) is 17.3 Å². The first-order chi connectivity index (χ1) is 10.8. The normalized spacial score (nSPS) is 11.5. The lowest BCUT2D eigenvalue weighted by Crippen LogP contribution is -2.17. The quantitative estimate of drug-likeness (QED) is 0.669. The van der Waals surface area contributed by atoms with Gasteiger partial charge in [-0.2, -0.15) is 0 Å². The molecule has 0 aliphatic rings. The van der Waals surface area contributed by atoms with Crippen LogP contribution in [-0.2, 0) is 4.79 Å². The lowest BCUT2D eigenvalue weighted by atomic mass is 10.2. The molecule has 0 aliphatic heterocycles. The molecule has 2 rings (SSSR count). The number of benzene rings is 2. The van der Waals surface area contributed by atoms with Crippen LogP contribution in [0.2, 0.25) is 0 Å². The van der Waals surface area contributed by atoms with Crippen molar-refractivity contribution in [3.8, 4) is 5.75 Å². The maximum Gasteiger partial charge on any atom is 0.573 e. The molecule has 0 aliphatic carbocycles. The first kappa shape index (κ1) is 16.5. The van der Waals surface area contributed by atoms with Gasteiger partial charge in [-0.15, -0.1) is 13.2 Å². The van der Waals surface area contributed by atoms with Crippen molar-refractivity contribution in [2.45, 2.75) is 6.36 Å². The summed E-state index contributed by atoms with van der Waals surface area (Å²) in [6.45, 7) is 0. The summed E-state index contributed by atoms with van der Waals surface area (Å²) in [6.07, 6.45) is -2.35. The molecule has 1 amide bonds. The number of carbonyl (C=O) groups is 1. The van der Waals surface area contributed by atoms with E-state index in [-0.39, 0.29) is 11.3 Å². The summed E-state index contributed by atoms with van der Waals surface area (Å²) in [5, 5.41) is 2.44. The van der Waals surface area contributed by atoms with Crippen LogP contribution in [0.25, 0.3) is 6.08 Å². The van der Waals surface area contributed by atoms with Gasteiger partial charge in [0.15, 0.2) is 0 Å². The minimum Gasteiger partial charge on any atom is -0.406 e. The van der Waals surface area contributed by atoms with Crippen molar-refractivity contribution >= 4 is 17.7 Å². The maximum absolute atomic E-state index is 13.4. The highest BCUT2D eigenvalue weighted by atomic mass is 19.4. The van der Waals surface area contributed by atoms with Crippen molar-refractivity contribution < 1.29 is 27.1 Å². The highest BCUT2D eigenvalue weighted by Gasteiger charge is 2.30. The largest absolute Gasteiger partial charge is 0.573 e. The third-order valence-electron chi connectivity index (χ3n) is 2.67. The summed E-state index contributed by atoms with van der Waals surface area (Å²) in [7, 11) is 0. The van der Waals surface area contributed by atoms with Gasteiger partial charge in [0.05, 0.1) is 0 Å². The van der Waals surface area contributed by atoms with Gasteiger partial charge in [0.2, 0.25) is 5.91 Å². The molecule has 0 spiro atoms. The Bertz CT molecular complexity index is 709. The molecule has 0 fully saturated rings. The molecule has 0 saturated heterocycles. The van der Waals surface area contributed by atoms with E-state index in [0.29, 0.717) is 0 Å². The second kappa shape index (κ2) is 6.95. The van der Waals surface area contributed by atoms with Crippen LogP contribution in [0.4, 0.5) is 23.2 Å². The van der Waals surface area contributed by atoms with Crippen molar-refractivity contribution in [1.82, 2.24) is 0 Å². The molecule has 0 unspecified atom stereocenters. The zero-order valence-electron chi connectivity index (χ0n) is 11.6. The predicted molar refractivity (Wildman–Crippen MR) is 77.2 cm³/mol. The summed E-state index contributed by atoms with van der Waals surface area (Å²) < 4.78 is 53.1. The number of anilines is 1. The minimum absolute atomic E-state index is 0.247. The monoisotopic (exact) mass is 325 g/mol. The highest BCUT2D eigenvalue weighted by Crippen LogP contribution is 2.23. The van der Waals surface area contributed by atoms with E-state index < -0.39 is 23.8 Å². The van der Waals surface area contributed by atoms with Crippen LogP contribution in [0.15, 0.2) is 54.6 Å². The van der Waals surface area contributed by atoms with Crippen molar-refractivity contribution in [3.05, 3.63) is 66.0 Å². The topological polar surface area (TPSA) is 38.3 Å². The van der Waals surface area contributed by atoms with Crippen molar-refractivity contribution in [2.75, 3.05) is 5.32 Å². The van der Waals surface area contributed by atoms with Crippen LogP contribution in [0.3, 0.4) is 0 Å². The number of carbonyl (C=O) groups excluding carboxylic acids is 1. The summed E-state index contributed by atoms with van der Waals surface area (Å²) >= 11 is 0.